The van der Waals surface area contributed by atoms with Crippen LogP contribution in [0.3, 0.4) is 0 Å². The predicted molar refractivity (Wildman–Crippen MR) is 55.1 cm³/mol. The largest absolute Gasteiger partial charge is 0.0648 e. The van der Waals surface area contributed by atoms with Crippen molar-refractivity contribution in [3.05, 3.63) is 0 Å². The fourth-order valence-corrected chi connectivity index (χ4v) is 2.61. The summed E-state index contributed by atoms with van der Waals surface area (Å²) >= 11 is 0. The Morgan fingerprint density at radius 1 is 1.33 bits per heavy atom. The summed E-state index contributed by atoms with van der Waals surface area (Å²) in [7, 11) is 0. The zero-order chi connectivity index (χ0) is 9.35. The second-order valence-corrected chi connectivity index (χ2v) is 5.29. The number of rotatable bonds is 3. The molecule has 0 aromatic rings. The average molecular weight is 168 g/mol. The normalized spacial score (nSPS) is 34.5. The lowest BCUT2D eigenvalue weighted by atomic mass is 9.57. The van der Waals surface area contributed by atoms with Crippen LogP contribution in [0.1, 0.15) is 53.9 Å². The minimum Gasteiger partial charge on any atom is -0.0648 e. The van der Waals surface area contributed by atoms with Crippen molar-refractivity contribution < 1.29 is 0 Å². The Bertz CT molecular complexity index is 142. The predicted octanol–water partition coefficient (Wildman–Crippen LogP) is 4.10. The molecule has 0 spiro atoms. The molecule has 0 heterocycles. The van der Waals surface area contributed by atoms with Crippen molar-refractivity contribution in [1.29, 1.82) is 0 Å². The van der Waals surface area contributed by atoms with Crippen molar-refractivity contribution in [3.63, 3.8) is 0 Å². The monoisotopic (exact) mass is 168 g/mol. The minimum atomic E-state index is 0.618. The number of hydrogen-bond acceptors (Lipinski definition) is 0. The fourth-order valence-electron chi connectivity index (χ4n) is 2.61. The van der Waals surface area contributed by atoms with Gasteiger partial charge in [0.2, 0.25) is 0 Å². The molecule has 0 saturated heterocycles. The molecule has 0 heteroatoms. The van der Waals surface area contributed by atoms with Gasteiger partial charge in [0, 0.05) is 0 Å². The summed E-state index contributed by atoms with van der Waals surface area (Å²) in [5.41, 5.74) is 0.618. The molecule has 0 radical (unpaired) electrons. The van der Waals surface area contributed by atoms with Crippen LogP contribution in [0.25, 0.3) is 0 Å². The first-order valence-corrected chi connectivity index (χ1v) is 5.50. The topological polar surface area (TPSA) is 0 Å². The molecule has 0 amide bonds. The van der Waals surface area contributed by atoms with Crippen LogP contribution in [0.4, 0.5) is 0 Å². The van der Waals surface area contributed by atoms with E-state index in [1.165, 1.54) is 19.3 Å². The van der Waals surface area contributed by atoms with Gasteiger partial charge in [0.25, 0.3) is 0 Å². The van der Waals surface area contributed by atoms with E-state index >= 15 is 0 Å². The third-order valence-corrected chi connectivity index (χ3v) is 4.39. The third-order valence-electron chi connectivity index (χ3n) is 4.39. The van der Waals surface area contributed by atoms with Crippen molar-refractivity contribution in [2.75, 3.05) is 0 Å². The van der Waals surface area contributed by atoms with E-state index in [0.29, 0.717) is 5.41 Å². The van der Waals surface area contributed by atoms with Crippen LogP contribution in [0.2, 0.25) is 0 Å². The van der Waals surface area contributed by atoms with Gasteiger partial charge in [-0.05, 0) is 36.0 Å². The van der Waals surface area contributed by atoms with Gasteiger partial charge in [0.05, 0.1) is 0 Å². The van der Waals surface area contributed by atoms with Crippen molar-refractivity contribution >= 4 is 0 Å². The molecule has 0 aromatic heterocycles. The van der Waals surface area contributed by atoms with Crippen LogP contribution < -0.4 is 0 Å². The maximum Gasteiger partial charge on any atom is -0.0277 e. The van der Waals surface area contributed by atoms with Gasteiger partial charge in [0.15, 0.2) is 0 Å². The van der Waals surface area contributed by atoms with Crippen LogP contribution >= 0.6 is 0 Å². The highest BCUT2D eigenvalue weighted by molar-refractivity contribution is 4.91. The van der Waals surface area contributed by atoms with Crippen molar-refractivity contribution in [3.8, 4) is 0 Å². The van der Waals surface area contributed by atoms with Crippen LogP contribution in [0, 0.1) is 23.2 Å². The second-order valence-electron chi connectivity index (χ2n) is 5.29. The lowest BCUT2D eigenvalue weighted by Crippen LogP contribution is -2.39. The molecule has 0 bridgehead atoms. The summed E-state index contributed by atoms with van der Waals surface area (Å²) in [5.74, 6) is 2.86. The zero-order valence-corrected chi connectivity index (χ0v) is 9.35. The van der Waals surface area contributed by atoms with E-state index in [2.05, 4.69) is 34.6 Å². The van der Waals surface area contributed by atoms with Crippen molar-refractivity contribution in [2.24, 2.45) is 23.2 Å². The number of hydrogen-bond donors (Lipinski definition) is 0. The molecular weight excluding hydrogens is 144 g/mol. The molecule has 1 aliphatic rings. The van der Waals surface area contributed by atoms with Crippen LogP contribution in [-0.4, -0.2) is 0 Å². The smallest absolute Gasteiger partial charge is 0.0277 e. The van der Waals surface area contributed by atoms with Gasteiger partial charge in [-0.2, -0.15) is 0 Å². The average Bonchev–Trinajstić information content (AvgIpc) is 1.97. The van der Waals surface area contributed by atoms with E-state index in [1.54, 1.807) is 0 Å². The first-order valence-electron chi connectivity index (χ1n) is 5.50. The molecule has 1 saturated carbocycles. The third kappa shape index (κ3) is 1.53. The van der Waals surface area contributed by atoms with Gasteiger partial charge in [-0.3, -0.25) is 0 Å². The Balaban J connectivity index is 2.55. The van der Waals surface area contributed by atoms with Crippen molar-refractivity contribution in [2.45, 2.75) is 53.9 Å². The summed E-state index contributed by atoms with van der Waals surface area (Å²) in [6.07, 6.45) is 4.30. The van der Waals surface area contributed by atoms with Crippen LogP contribution in [-0.2, 0) is 0 Å². The highest BCUT2D eigenvalue weighted by atomic mass is 14.5. The molecule has 1 fully saturated rings. The summed E-state index contributed by atoms with van der Waals surface area (Å²) in [5, 5.41) is 0. The van der Waals surface area contributed by atoms with E-state index in [0.717, 1.165) is 17.8 Å². The zero-order valence-electron chi connectivity index (χ0n) is 9.35. The van der Waals surface area contributed by atoms with E-state index in [4.69, 9.17) is 0 Å². The Morgan fingerprint density at radius 3 is 2.08 bits per heavy atom. The van der Waals surface area contributed by atoms with Gasteiger partial charge in [-0.25, -0.2) is 0 Å². The van der Waals surface area contributed by atoms with Gasteiger partial charge in [-0.15, -0.1) is 0 Å². The van der Waals surface area contributed by atoms with Crippen LogP contribution in [0.15, 0.2) is 0 Å². The lowest BCUT2D eigenvalue weighted by Gasteiger charge is -2.48. The molecule has 0 aliphatic heterocycles. The molecule has 0 aromatic carbocycles. The van der Waals surface area contributed by atoms with E-state index in [-0.39, 0.29) is 0 Å². The molecular formula is C12H24. The molecule has 72 valence electrons. The summed E-state index contributed by atoms with van der Waals surface area (Å²) in [4.78, 5) is 0. The van der Waals surface area contributed by atoms with Gasteiger partial charge < -0.3 is 0 Å². The quantitative estimate of drug-likeness (QED) is 0.595. The maximum absolute atomic E-state index is 2.48. The molecule has 12 heavy (non-hydrogen) atoms. The van der Waals surface area contributed by atoms with Crippen molar-refractivity contribution in [1.82, 2.24) is 0 Å². The first-order chi connectivity index (χ1) is 5.50. The molecule has 1 atom stereocenters. The highest BCUT2D eigenvalue weighted by Gasteiger charge is 2.41. The standard InChI is InChI=1S/C12H24/c1-6-12(5,9(2)3)11-7-10(4)8-11/h9-11H,6-8H2,1-5H3. The summed E-state index contributed by atoms with van der Waals surface area (Å²) in [6, 6.07) is 0. The molecule has 1 rings (SSSR count). The van der Waals surface area contributed by atoms with Gasteiger partial charge in [-0.1, -0.05) is 41.0 Å². The van der Waals surface area contributed by atoms with E-state index < -0.39 is 0 Å². The Kier molecular flexibility index (Phi) is 2.85. The molecule has 1 aliphatic carbocycles. The Labute approximate surface area is 77.7 Å². The minimum absolute atomic E-state index is 0.618. The molecule has 1 unspecified atom stereocenters. The SMILES string of the molecule is CCC(C)(C(C)C)C1CC(C)C1. The molecule has 0 nitrogen and oxygen atoms in total. The summed E-state index contributed by atoms with van der Waals surface area (Å²) < 4.78 is 0. The van der Waals surface area contributed by atoms with Gasteiger partial charge >= 0.3 is 0 Å². The maximum atomic E-state index is 2.48. The van der Waals surface area contributed by atoms with Crippen LogP contribution in [0.5, 0.6) is 0 Å². The second kappa shape index (κ2) is 3.40. The highest BCUT2D eigenvalue weighted by Crippen LogP contribution is 2.50. The van der Waals surface area contributed by atoms with E-state index in [9.17, 15) is 0 Å². The lowest BCUT2D eigenvalue weighted by molar-refractivity contribution is 0.0145. The fraction of sp³-hybridized carbons (Fsp3) is 1.00. The first kappa shape index (κ1) is 10.1. The molecule has 0 N–H and O–H groups in total. The van der Waals surface area contributed by atoms with E-state index in [1.807, 2.05) is 0 Å². The Hall–Kier alpha value is 0. The Morgan fingerprint density at radius 2 is 1.83 bits per heavy atom. The van der Waals surface area contributed by atoms with Gasteiger partial charge in [0.1, 0.15) is 0 Å². The summed E-state index contributed by atoms with van der Waals surface area (Å²) in [6.45, 7) is 12.0.